The van der Waals surface area contributed by atoms with Gasteiger partial charge in [0.1, 0.15) is 11.5 Å². The van der Waals surface area contributed by atoms with Gasteiger partial charge in [0.05, 0.1) is 13.7 Å². The third kappa shape index (κ3) is 4.71. The molecule has 2 aromatic rings. The molecule has 0 aromatic heterocycles. The topological polar surface area (TPSA) is 30.5 Å². The first-order valence-corrected chi connectivity index (χ1v) is 7.27. The van der Waals surface area contributed by atoms with Gasteiger partial charge in [-0.05, 0) is 36.2 Å². The number of rotatable bonds is 7. The van der Waals surface area contributed by atoms with Crippen LogP contribution in [0.2, 0.25) is 0 Å². The number of para-hydroxylation sites is 1. The molecule has 0 aliphatic rings. The van der Waals surface area contributed by atoms with Crippen LogP contribution in [0, 0.1) is 5.92 Å². The Hall–Kier alpha value is -2.16. The van der Waals surface area contributed by atoms with Crippen molar-refractivity contribution in [1.82, 2.24) is 0 Å². The zero-order valence-electron chi connectivity index (χ0n) is 12.9. The lowest BCUT2D eigenvalue weighted by molar-refractivity contribution is 0.271. The summed E-state index contributed by atoms with van der Waals surface area (Å²) in [5.41, 5.74) is 2.21. The maximum absolute atomic E-state index is 5.67. The molecule has 3 heteroatoms. The summed E-state index contributed by atoms with van der Waals surface area (Å²) < 4.78 is 11.0. The van der Waals surface area contributed by atoms with Gasteiger partial charge in [0, 0.05) is 17.8 Å². The highest BCUT2D eigenvalue weighted by molar-refractivity contribution is 5.47. The lowest BCUT2D eigenvalue weighted by Crippen LogP contribution is -2.04. The summed E-state index contributed by atoms with van der Waals surface area (Å²) in [5, 5.41) is 3.39. The number of hydrogen-bond donors (Lipinski definition) is 1. The second-order valence-electron chi connectivity index (χ2n) is 5.39. The third-order valence-corrected chi connectivity index (χ3v) is 3.11. The van der Waals surface area contributed by atoms with E-state index >= 15 is 0 Å². The Balaban J connectivity index is 1.91. The van der Waals surface area contributed by atoms with Crippen LogP contribution >= 0.6 is 0 Å². The lowest BCUT2D eigenvalue weighted by atomic mass is 10.2. The van der Waals surface area contributed by atoms with E-state index in [0.29, 0.717) is 5.92 Å². The highest BCUT2D eigenvalue weighted by atomic mass is 16.5. The SMILES string of the molecule is COc1ccccc1CNc1ccc(OCC(C)C)cc1. The Morgan fingerprint density at radius 3 is 2.38 bits per heavy atom. The van der Waals surface area contributed by atoms with Crippen LogP contribution in [0.25, 0.3) is 0 Å². The van der Waals surface area contributed by atoms with E-state index in [1.54, 1.807) is 7.11 Å². The Morgan fingerprint density at radius 1 is 1.00 bits per heavy atom. The van der Waals surface area contributed by atoms with Gasteiger partial charge in [0.15, 0.2) is 0 Å². The van der Waals surface area contributed by atoms with Gasteiger partial charge in [0.2, 0.25) is 0 Å². The Labute approximate surface area is 126 Å². The summed E-state index contributed by atoms with van der Waals surface area (Å²) in [6.07, 6.45) is 0. The van der Waals surface area contributed by atoms with Crippen molar-refractivity contribution in [1.29, 1.82) is 0 Å². The van der Waals surface area contributed by atoms with Crippen molar-refractivity contribution in [2.45, 2.75) is 20.4 Å². The molecule has 0 saturated heterocycles. The van der Waals surface area contributed by atoms with Gasteiger partial charge >= 0.3 is 0 Å². The predicted octanol–water partition coefficient (Wildman–Crippen LogP) is 4.34. The second-order valence-corrected chi connectivity index (χ2v) is 5.39. The van der Waals surface area contributed by atoms with Gasteiger partial charge in [-0.2, -0.15) is 0 Å². The molecule has 0 aliphatic heterocycles. The molecular weight excluding hydrogens is 262 g/mol. The number of hydrogen-bond acceptors (Lipinski definition) is 3. The molecule has 2 aromatic carbocycles. The van der Waals surface area contributed by atoms with Gasteiger partial charge in [0.25, 0.3) is 0 Å². The maximum Gasteiger partial charge on any atom is 0.123 e. The van der Waals surface area contributed by atoms with Crippen LogP contribution in [-0.2, 0) is 6.54 Å². The fraction of sp³-hybridized carbons (Fsp3) is 0.333. The van der Waals surface area contributed by atoms with Crippen molar-refractivity contribution in [3.63, 3.8) is 0 Å². The number of anilines is 1. The van der Waals surface area contributed by atoms with E-state index in [0.717, 1.165) is 35.9 Å². The molecule has 0 fully saturated rings. The predicted molar refractivity (Wildman–Crippen MR) is 87.1 cm³/mol. The lowest BCUT2D eigenvalue weighted by Gasteiger charge is -2.12. The van der Waals surface area contributed by atoms with Crippen LogP contribution in [0.4, 0.5) is 5.69 Å². The maximum atomic E-state index is 5.67. The molecule has 0 atom stereocenters. The molecule has 112 valence electrons. The Bertz CT molecular complexity index is 549. The Morgan fingerprint density at radius 2 is 1.71 bits per heavy atom. The summed E-state index contributed by atoms with van der Waals surface area (Å²) in [6.45, 7) is 5.76. The average molecular weight is 285 g/mol. The molecule has 0 heterocycles. The van der Waals surface area contributed by atoms with Crippen molar-refractivity contribution in [2.75, 3.05) is 19.0 Å². The van der Waals surface area contributed by atoms with Crippen LogP contribution in [0.15, 0.2) is 48.5 Å². The minimum Gasteiger partial charge on any atom is -0.496 e. The monoisotopic (exact) mass is 285 g/mol. The fourth-order valence-electron chi connectivity index (χ4n) is 1.98. The summed E-state index contributed by atoms with van der Waals surface area (Å²) in [4.78, 5) is 0. The summed E-state index contributed by atoms with van der Waals surface area (Å²) in [6, 6.07) is 16.1. The van der Waals surface area contributed by atoms with Gasteiger partial charge in [-0.3, -0.25) is 0 Å². The van der Waals surface area contributed by atoms with Crippen LogP contribution in [0.3, 0.4) is 0 Å². The van der Waals surface area contributed by atoms with Crippen molar-refractivity contribution in [3.8, 4) is 11.5 Å². The van der Waals surface area contributed by atoms with Crippen molar-refractivity contribution < 1.29 is 9.47 Å². The molecule has 0 spiro atoms. The van der Waals surface area contributed by atoms with E-state index in [9.17, 15) is 0 Å². The van der Waals surface area contributed by atoms with Crippen LogP contribution in [0.5, 0.6) is 11.5 Å². The van der Waals surface area contributed by atoms with Crippen molar-refractivity contribution in [3.05, 3.63) is 54.1 Å². The second kappa shape index (κ2) is 7.58. The van der Waals surface area contributed by atoms with E-state index in [-0.39, 0.29) is 0 Å². The highest BCUT2D eigenvalue weighted by Crippen LogP contribution is 2.20. The smallest absolute Gasteiger partial charge is 0.123 e. The normalized spacial score (nSPS) is 10.5. The van der Waals surface area contributed by atoms with E-state index in [1.165, 1.54) is 0 Å². The summed E-state index contributed by atoms with van der Waals surface area (Å²) in [7, 11) is 1.69. The van der Waals surface area contributed by atoms with Crippen LogP contribution in [-0.4, -0.2) is 13.7 Å². The molecule has 0 bridgehead atoms. The summed E-state index contributed by atoms with van der Waals surface area (Å²) in [5.74, 6) is 2.35. The Kier molecular flexibility index (Phi) is 5.50. The zero-order chi connectivity index (χ0) is 15.1. The van der Waals surface area contributed by atoms with Crippen molar-refractivity contribution >= 4 is 5.69 Å². The zero-order valence-corrected chi connectivity index (χ0v) is 12.9. The largest absolute Gasteiger partial charge is 0.496 e. The van der Waals surface area contributed by atoms with E-state index in [4.69, 9.17) is 9.47 Å². The van der Waals surface area contributed by atoms with E-state index in [1.807, 2.05) is 42.5 Å². The first-order chi connectivity index (χ1) is 10.2. The van der Waals surface area contributed by atoms with Crippen LogP contribution < -0.4 is 14.8 Å². The molecule has 21 heavy (non-hydrogen) atoms. The van der Waals surface area contributed by atoms with Gasteiger partial charge in [-0.25, -0.2) is 0 Å². The van der Waals surface area contributed by atoms with E-state index < -0.39 is 0 Å². The molecule has 3 nitrogen and oxygen atoms in total. The minimum absolute atomic E-state index is 0.536. The average Bonchev–Trinajstić information content (AvgIpc) is 2.52. The molecule has 0 saturated carbocycles. The first kappa shape index (κ1) is 15.2. The van der Waals surface area contributed by atoms with Crippen LogP contribution in [0.1, 0.15) is 19.4 Å². The molecule has 0 aliphatic carbocycles. The van der Waals surface area contributed by atoms with Gasteiger partial charge < -0.3 is 14.8 Å². The molecule has 0 unspecified atom stereocenters. The number of nitrogens with one attached hydrogen (secondary N) is 1. The first-order valence-electron chi connectivity index (χ1n) is 7.27. The van der Waals surface area contributed by atoms with Gasteiger partial charge in [-0.15, -0.1) is 0 Å². The standard InChI is InChI=1S/C18H23NO2/c1-14(2)13-21-17-10-8-16(9-11-17)19-12-15-6-4-5-7-18(15)20-3/h4-11,14,19H,12-13H2,1-3H3. The third-order valence-electron chi connectivity index (χ3n) is 3.11. The molecular formula is C18H23NO2. The number of benzene rings is 2. The molecule has 0 amide bonds. The highest BCUT2D eigenvalue weighted by Gasteiger charge is 2.02. The fourth-order valence-corrected chi connectivity index (χ4v) is 1.98. The van der Waals surface area contributed by atoms with Crippen molar-refractivity contribution in [2.24, 2.45) is 5.92 Å². The molecule has 0 radical (unpaired) electrons. The quantitative estimate of drug-likeness (QED) is 0.820. The number of methoxy groups -OCH3 is 1. The number of ether oxygens (including phenoxy) is 2. The minimum atomic E-state index is 0.536. The molecule has 2 rings (SSSR count). The van der Waals surface area contributed by atoms with Gasteiger partial charge in [-0.1, -0.05) is 32.0 Å². The molecule has 1 N–H and O–H groups in total. The van der Waals surface area contributed by atoms with E-state index in [2.05, 4.69) is 25.2 Å². The summed E-state index contributed by atoms with van der Waals surface area (Å²) >= 11 is 0.